The summed E-state index contributed by atoms with van der Waals surface area (Å²) in [6.07, 6.45) is -0.948. The minimum atomic E-state index is -1.27. The third-order valence-corrected chi connectivity index (χ3v) is 4.28. The number of methoxy groups -OCH3 is 1. The molecule has 10 nitrogen and oxygen atoms in total. The second-order valence-corrected chi connectivity index (χ2v) is 8.05. The van der Waals surface area contributed by atoms with Crippen molar-refractivity contribution < 1.29 is 38.2 Å². The van der Waals surface area contributed by atoms with Gasteiger partial charge in [-0.25, -0.2) is 14.0 Å². The van der Waals surface area contributed by atoms with Gasteiger partial charge in [0.05, 0.1) is 12.0 Å². The number of hydrogen-bond donors (Lipinski definition) is 2. The van der Waals surface area contributed by atoms with Gasteiger partial charge in [0.1, 0.15) is 29.8 Å². The van der Waals surface area contributed by atoms with Gasteiger partial charge in [-0.1, -0.05) is 6.07 Å². The second-order valence-electron chi connectivity index (χ2n) is 8.05. The van der Waals surface area contributed by atoms with Gasteiger partial charge in [0.15, 0.2) is 5.75 Å². The highest BCUT2D eigenvalue weighted by Gasteiger charge is 2.25. The molecule has 2 N–H and O–H groups in total. The predicted octanol–water partition coefficient (Wildman–Crippen LogP) is 3.84. The van der Waals surface area contributed by atoms with Crippen molar-refractivity contribution in [3.63, 3.8) is 0 Å². The molecule has 1 atom stereocenters. The van der Waals surface area contributed by atoms with Crippen LogP contribution in [0, 0.1) is 15.9 Å². The van der Waals surface area contributed by atoms with Crippen molar-refractivity contribution in [2.75, 3.05) is 7.11 Å². The van der Waals surface area contributed by atoms with E-state index in [-0.39, 0.29) is 18.8 Å². The molecule has 33 heavy (non-hydrogen) atoms. The summed E-state index contributed by atoms with van der Waals surface area (Å²) in [5.41, 5.74) is -0.238. The summed E-state index contributed by atoms with van der Waals surface area (Å²) in [4.78, 5) is 34.1. The van der Waals surface area contributed by atoms with Crippen molar-refractivity contribution in [1.29, 1.82) is 0 Å². The molecule has 11 heteroatoms. The van der Waals surface area contributed by atoms with Crippen LogP contribution < -0.4 is 14.8 Å². The number of benzene rings is 2. The molecule has 178 valence electrons. The molecule has 0 aliphatic carbocycles. The highest BCUT2D eigenvalue weighted by atomic mass is 19.1. The Balaban J connectivity index is 2.21. The van der Waals surface area contributed by atoms with E-state index in [1.165, 1.54) is 7.11 Å². The quantitative estimate of drug-likeness (QED) is 0.422. The molecule has 1 unspecified atom stereocenters. The Kier molecular flexibility index (Phi) is 8.16. The van der Waals surface area contributed by atoms with Gasteiger partial charge in [0.25, 0.3) is 0 Å². The molecule has 0 saturated carbocycles. The molecule has 0 saturated heterocycles. The molecule has 0 bridgehead atoms. The van der Waals surface area contributed by atoms with Crippen molar-refractivity contribution >= 4 is 17.7 Å². The molecule has 0 heterocycles. The van der Waals surface area contributed by atoms with Gasteiger partial charge in [0, 0.05) is 24.1 Å². The van der Waals surface area contributed by atoms with Crippen LogP contribution >= 0.6 is 0 Å². The van der Waals surface area contributed by atoms with Crippen LogP contribution in [0.1, 0.15) is 31.9 Å². The van der Waals surface area contributed by atoms with E-state index in [1.807, 2.05) is 0 Å². The number of alkyl carbamates (subject to hydrolysis) is 1. The number of nitro groups is 1. The molecule has 1 amide bonds. The number of carbonyl (C=O) groups excluding carboxylic acids is 1. The second kappa shape index (κ2) is 10.6. The van der Waals surface area contributed by atoms with Crippen molar-refractivity contribution in [3.8, 4) is 11.5 Å². The maximum atomic E-state index is 13.5. The first kappa shape index (κ1) is 25.4. The minimum absolute atomic E-state index is 0.0777. The van der Waals surface area contributed by atoms with Crippen molar-refractivity contribution in [2.24, 2.45) is 0 Å². The standard InChI is InChI=1S/C22H25FN2O8/c1-22(2,3)33-21(28)24-16(20(26)27)10-13-5-8-18(31-4)14(9-13)12-32-19-11-15(23)6-7-17(19)25(29)30/h5-9,11,16H,10,12H2,1-4H3,(H,24,28)(H,26,27). The molecule has 2 rings (SSSR count). The number of carbonyl (C=O) groups is 2. The lowest BCUT2D eigenvalue weighted by atomic mass is 10.0. The summed E-state index contributed by atoms with van der Waals surface area (Å²) in [7, 11) is 1.41. The molecule has 2 aromatic carbocycles. The number of aliphatic carboxylic acids is 1. The van der Waals surface area contributed by atoms with Crippen molar-refractivity contribution in [3.05, 3.63) is 63.5 Å². The number of halogens is 1. The monoisotopic (exact) mass is 464 g/mol. The van der Waals surface area contributed by atoms with Gasteiger partial charge in [-0.05, 0) is 44.5 Å². The number of nitrogens with one attached hydrogen (secondary N) is 1. The maximum absolute atomic E-state index is 13.5. The fourth-order valence-corrected chi connectivity index (χ4v) is 2.87. The number of nitrogens with zero attached hydrogens (tertiary/aromatic N) is 1. The van der Waals surface area contributed by atoms with Gasteiger partial charge >= 0.3 is 17.7 Å². The highest BCUT2D eigenvalue weighted by molar-refractivity contribution is 5.80. The van der Waals surface area contributed by atoms with Crippen LogP contribution in [0.15, 0.2) is 36.4 Å². The lowest BCUT2D eigenvalue weighted by molar-refractivity contribution is -0.386. The molecule has 0 radical (unpaired) electrons. The summed E-state index contributed by atoms with van der Waals surface area (Å²) in [5, 5.41) is 23.0. The first-order valence-corrected chi connectivity index (χ1v) is 9.84. The zero-order valence-electron chi connectivity index (χ0n) is 18.6. The Morgan fingerprint density at radius 3 is 2.45 bits per heavy atom. The number of rotatable bonds is 9. The molecule has 2 aromatic rings. The molecule has 0 aromatic heterocycles. The summed E-state index contributed by atoms with van der Waals surface area (Å²) >= 11 is 0. The van der Waals surface area contributed by atoms with Crippen LogP contribution in [0.3, 0.4) is 0 Å². The van der Waals surface area contributed by atoms with Crippen molar-refractivity contribution in [1.82, 2.24) is 5.32 Å². The molecule has 0 spiro atoms. The predicted molar refractivity (Wildman–Crippen MR) is 115 cm³/mol. The Morgan fingerprint density at radius 2 is 1.88 bits per heavy atom. The van der Waals surface area contributed by atoms with Crippen molar-refractivity contribution in [2.45, 2.75) is 45.4 Å². The van der Waals surface area contributed by atoms with Gasteiger partial charge < -0.3 is 24.6 Å². The maximum Gasteiger partial charge on any atom is 0.408 e. The van der Waals surface area contributed by atoms with Crippen LogP contribution in [-0.4, -0.2) is 40.8 Å². The summed E-state index contributed by atoms with van der Waals surface area (Å²) < 4.78 is 29.4. The van der Waals surface area contributed by atoms with E-state index < -0.39 is 40.1 Å². The van der Waals surface area contributed by atoms with Crippen LogP contribution in [0.25, 0.3) is 0 Å². The largest absolute Gasteiger partial charge is 0.496 e. The van der Waals surface area contributed by atoms with E-state index in [0.29, 0.717) is 16.9 Å². The Bertz CT molecular complexity index is 1040. The van der Waals surface area contributed by atoms with Gasteiger partial charge in [-0.3, -0.25) is 10.1 Å². The number of nitro benzene ring substituents is 1. The first-order chi connectivity index (χ1) is 15.4. The molecule has 0 aliphatic rings. The number of carboxylic acids is 1. The zero-order valence-corrected chi connectivity index (χ0v) is 18.6. The molecular weight excluding hydrogens is 439 g/mol. The van der Waals surface area contributed by atoms with E-state index in [2.05, 4.69) is 5.32 Å². The van der Waals surface area contributed by atoms with Gasteiger partial charge in [-0.15, -0.1) is 0 Å². The summed E-state index contributed by atoms with van der Waals surface area (Å²) in [6, 6.07) is 6.34. The number of ether oxygens (including phenoxy) is 3. The fraction of sp³-hybridized carbons (Fsp3) is 0.364. The SMILES string of the molecule is COc1ccc(CC(NC(=O)OC(C)(C)C)C(=O)O)cc1COc1cc(F)ccc1[N+](=O)[O-]. The lowest BCUT2D eigenvalue weighted by Crippen LogP contribution is -2.44. The summed E-state index contributed by atoms with van der Waals surface area (Å²) in [5.74, 6) is -1.84. The number of carboxylic acid groups (broad SMARTS) is 1. The average Bonchev–Trinajstić information content (AvgIpc) is 2.70. The minimum Gasteiger partial charge on any atom is -0.496 e. The third kappa shape index (κ3) is 7.63. The number of amides is 1. The molecule has 0 fully saturated rings. The first-order valence-electron chi connectivity index (χ1n) is 9.84. The topological polar surface area (TPSA) is 137 Å². The van der Waals surface area contributed by atoms with E-state index in [1.54, 1.807) is 39.0 Å². The summed E-state index contributed by atoms with van der Waals surface area (Å²) in [6.45, 7) is 4.75. The normalized spacial score (nSPS) is 11.9. The van der Waals surface area contributed by atoms with E-state index in [4.69, 9.17) is 14.2 Å². The van der Waals surface area contributed by atoms with Gasteiger partial charge in [-0.2, -0.15) is 0 Å². The third-order valence-electron chi connectivity index (χ3n) is 4.28. The van der Waals surface area contributed by atoms with E-state index >= 15 is 0 Å². The van der Waals surface area contributed by atoms with E-state index in [9.17, 15) is 29.2 Å². The Hall–Kier alpha value is -3.89. The Labute approximate surface area is 189 Å². The fourth-order valence-electron chi connectivity index (χ4n) is 2.87. The van der Waals surface area contributed by atoms with Crippen LogP contribution in [0.4, 0.5) is 14.9 Å². The Morgan fingerprint density at radius 1 is 1.18 bits per heavy atom. The smallest absolute Gasteiger partial charge is 0.408 e. The lowest BCUT2D eigenvalue weighted by Gasteiger charge is -2.22. The average molecular weight is 464 g/mol. The van der Waals surface area contributed by atoms with Crippen LogP contribution in [-0.2, 0) is 22.6 Å². The molecule has 0 aliphatic heterocycles. The highest BCUT2D eigenvalue weighted by Crippen LogP contribution is 2.30. The van der Waals surface area contributed by atoms with Gasteiger partial charge in [0.2, 0.25) is 0 Å². The van der Waals surface area contributed by atoms with Crippen LogP contribution in [0.2, 0.25) is 0 Å². The number of hydrogen-bond acceptors (Lipinski definition) is 7. The van der Waals surface area contributed by atoms with E-state index in [0.717, 1.165) is 18.2 Å². The molecular formula is C22H25FN2O8. The van der Waals surface area contributed by atoms with Crippen LogP contribution in [0.5, 0.6) is 11.5 Å². The zero-order chi connectivity index (χ0) is 24.8.